The predicted molar refractivity (Wildman–Crippen MR) is 136 cm³/mol. The molecule has 7 nitrogen and oxygen atoms in total. The topological polar surface area (TPSA) is 87.7 Å². The largest absolute Gasteiger partial charge is 0.484 e. The minimum atomic E-state index is -0.384. The summed E-state index contributed by atoms with van der Waals surface area (Å²) in [7, 11) is 0. The molecule has 8 heteroatoms. The van der Waals surface area contributed by atoms with Gasteiger partial charge in [0.2, 0.25) is 11.8 Å². The molecule has 0 spiro atoms. The highest BCUT2D eigenvalue weighted by atomic mass is 35.5. The van der Waals surface area contributed by atoms with Crippen LogP contribution in [0.15, 0.2) is 78.9 Å². The molecule has 1 fully saturated rings. The summed E-state index contributed by atoms with van der Waals surface area (Å²) in [5.74, 6) is -0.382. The number of ether oxygens (including phenoxy) is 1. The Morgan fingerprint density at radius 1 is 0.971 bits per heavy atom. The van der Waals surface area contributed by atoms with Gasteiger partial charge in [-0.1, -0.05) is 41.9 Å². The molecule has 4 rings (SSSR count). The maximum Gasteiger partial charge on any atom is 0.262 e. The second-order valence-electron chi connectivity index (χ2n) is 8.27. The van der Waals surface area contributed by atoms with Crippen LogP contribution in [0.3, 0.4) is 0 Å². The standard InChI is InChI=1S/C27H26ClN3O4/c28-21-6-8-22(9-7-21)30-25(32)18-35-24-12-10-23(11-13-24)31-17-20(16-26(31)33)27(34)29-15-14-19-4-2-1-3-5-19/h1-13,20H,14-18H2,(H,29,34)(H,30,32)/t20-/m1/s1. The second kappa shape index (κ2) is 11.5. The SMILES string of the molecule is O=C(COc1ccc(N2C[C@H](C(=O)NCCc3ccccc3)CC2=O)cc1)Nc1ccc(Cl)cc1. The molecule has 1 aliphatic heterocycles. The van der Waals surface area contributed by atoms with Crippen LogP contribution in [0.1, 0.15) is 12.0 Å². The lowest BCUT2D eigenvalue weighted by atomic mass is 10.1. The Hall–Kier alpha value is -3.84. The van der Waals surface area contributed by atoms with Crippen LogP contribution in [-0.2, 0) is 20.8 Å². The first kappa shape index (κ1) is 24.3. The molecule has 35 heavy (non-hydrogen) atoms. The summed E-state index contributed by atoms with van der Waals surface area (Å²) in [6.07, 6.45) is 0.927. The van der Waals surface area contributed by atoms with Crippen LogP contribution >= 0.6 is 11.6 Å². The molecule has 1 atom stereocenters. The van der Waals surface area contributed by atoms with E-state index in [-0.39, 0.29) is 36.7 Å². The van der Waals surface area contributed by atoms with Crippen molar-refractivity contribution in [3.63, 3.8) is 0 Å². The summed E-state index contributed by atoms with van der Waals surface area (Å²) < 4.78 is 5.54. The Morgan fingerprint density at radius 3 is 2.40 bits per heavy atom. The smallest absolute Gasteiger partial charge is 0.262 e. The molecule has 0 aromatic heterocycles. The molecule has 0 bridgehead atoms. The third-order valence-corrected chi connectivity index (χ3v) is 5.95. The van der Waals surface area contributed by atoms with Crippen molar-refractivity contribution in [1.82, 2.24) is 5.32 Å². The fourth-order valence-corrected chi connectivity index (χ4v) is 3.98. The first-order valence-electron chi connectivity index (χ1n) is 11.4. The van der Waals surface area contributed by atoms with E-state index in [2.05, 4.69) is 10.6 Å². The van der Waals surface area contributed by atoms with Gasteiger partial charge >= 0.3 is 0 Å². The zero-order valence-electron chi connectivity index (χ0n) is 19.1. The number of carbonyl (C=O) groups is 3. The van der Waals surface area contributed by atoms with Crippen LogP contribution in [0.25, 0.3) is 0 Å². The van der Waals surface area contributed by atoms with Gasteiger partial charge < -0.3 is 20.3 Å². The van der Waals surface area contributed by atoms with E-state index in [0.29, 0.717) is 35.2 Å². The minimum absolute atomic E-state index is 0.0933. The molecular weight excluding hydrogens is 466 g/mol. The van der Waals surface area contributed by atoms with E-state index in [4.69, 9.17) is 16.3 Å². The van der Waals surface area contributed by atoms with Crippen LogP contribution in [0.4, 0.5) is 11.4 Å². The van der Waals surface area contributed by atoms with Crippen molar-refractivity contribution in [2.75, 3.05) is 29.9 Å². The maximum absolute atomic E-state index is 12.6. The van der Waals surface area contributed by atoms with Gasteiger partial charge in [-0.15, -0.1) is 0 Å². The maximum atomic E-state index is 12.6. The molecule has 1 saturated heterocycles. The van der Waals surface area contributed by atoms with E-state index in [1.165, 1.54) is 0 Å². The van der Waals surface area contributed by atoms with Gasteiger partial charge in [0.05, 0.1) is 5.92 Å². The summed E-state index contributed by atoms with van der Waals surface area (Å²) in [5.41, 5.74) is 2.47. The predicted octanol–water partition coefficient (Wildman–Crippen LogP) is 4.07. The average molecular weight is 492 g/mol. The molecule has 3 amide bonds. The van der Waals surface area contributed by atoms with Crippen molar-refractivity contribution < 1.29 is 19.1 Å². The number of nitrogens with one attached hydrogen (secondary N) is 2. The normalized spacial score (nSPS) is 15.1. The Labute approximate surface area is 209 Å². The van der Waals surface area contributed by atoms with E-state index >= 15 is 0 Å². The number of carbonyl (C=O) groups excluding carboxylic acids is 3. The third-order valence-electron chi connectivity index (χ3n) is 5.70. The van der Waals surface area contributed by atoms with Crippen molar-refractivity contribution >= 4 is 40.7 Å². The molecule has 0 radical (unpaired) electrons. The first-order chi connectivity index (χ1) is 17.0. The molecule has 0 saturated carbocycles. The zero-order valence-corrected chi connectivity index (χ0v) is 19.8. The van der Waals surface area contributed by atoms with E-state index in [0.717, 1.165) is 12.0 Å². The quantitative estimate of drug-likeness (QED) is 0.472. The summed E-state index contributed by atoms with van der Waals surface area (Å²) in [6.45, 7) is 0.709. The van der Waals surface area contributed by atoms with Gasteiger partial charge in [-0.3, -0.25) is 14.4 Å². The number of hydrogen-bond donors (Lipinski definition) is 2. The Kier molecular flexibility index (Phi) is 8.00. The summed E-state index contributed by atoms with van der Waals surface area (Å²) in [5, 5.41) is 6.26. The van der Waals surface area contributed by atoms with Crippen LogP contribution in [-0.4, -0.2) is 37.4 Å². The van der Waals surface area contributed by atoms with Crippen molar-refractivity contribution in [3.05, 3.63) is 89.4 Å². The molecule has 0 unspecified atom stereocenters. The van der Waals surface area contributed by atoms with Gasteiger partial charge in [-0.25, -0.2) is 0 Å². The Morgan fingerprint density at radius 2 is 1.69 bits per heavy atom. The minimum Gasteiger partial charge on any atom is -0.484 e. The first-order valence-corrected chi connectivity index (χ1v) is 11.8. The molecule has 1 aliphatic rings. The van der Waals surface area contributed by atoms with Crippen LogP contribution in [0.2, 0.25) is 5.02 Å². The molecule has 0 aliphatic carbocycles. The molecular formula is C27H26ClN3O4. The van der Waals surface area contributed by atoms with Gasteiger partial charge in [0.15, 0.2) is 6.61 Å². The Balaban J connectivity index is 1.23. The lowest BCUT2D eigenvalue weighted by Crippen LogP contribution is -2.34. The summed E-state index contributed by atoms with van der Waals surface area (Å²) in [6, 6.07) is 23.6. The highest BCUT2D eigenvalue weighted by Crippen LogP contribution is 2.27. The zero-order chi connectivity index (χ0) is 24.6. The number of benzene rings is 3. The van der Waals surface area contributed by atoms with Crippen molar-refractivity contribution in [1.29, 1.82) is 0 Å². The van der Waals surface area contributed by atoms with E-state index < -0.39 is 0 Å². The summed E-state index contributed by atoms with van der Waals surface area (Å²) >= 11 is 5.84. The number of halogens is 1. The lowest BCUT2D eigenvalue weighted by molar-refractivity contribution is -0.126. The van der Waals surface area contributed by atoms with Crippen molar-refractivity contribution in [2.45, 2.75) is 12.8 Å². The van der Waals surface area contributed by atoms with Gasteiger partial charge in [0.25, 0.3) is 5.91 Å². The fraction of sp³-hybridized carbons (Fsp3) is 0.222. The number of rotatable bonds is 9. The summed E-state index contributed by atoms with van der Waals surface area (Å²) in [4.78, 5) is 38.8. The Bertz CT molecular complexity index is 1170. The highest BCUT2D eigenvalue weighted by Gasteiger charge is 2.34. The van der Waals surface area contributed by atoms with E-state index in [1.807, 2.05) is 30.3 Å². The van der Waals surface area contributed by atoms with Gasteiger partial charge in [0, 0.05) is 35.9 Å². The molecule has 1 heterocycles. The molecule has 3 aromatic rings. The number of nitrogens with zero attached hydrogens (tertiary/aromatic N) is 1. The van der Waals surface area contributed by atoms with E-state index in [1.54, 1.807) is 53.4 Å². The highest BCUT2D eigenvalue weighted by molar-refractivity contribution is 6.30. The molecule has 3 aromatic carbocycles. The van der Waals surface area contributed by atoms with Gasteiger partial charge in [-0.05, 0) is 60.5 Å². The van der Waals surface area contributed by atoms with E-state index in [9.17, 15) is 14.4 Å². The van der Waals surface area contributed by atoms with Crippen LogP contribution < -0.4 is 20.3 Å². The monoisotopic (exact) mass is 491 g/mol. The average Bonchev–Trinajstić information content (AvgIpc) is 3.27. The third kappa shape index (κ3) is 6.83. The number of anilines is 2. The van der Waals surface area contributed by atoms with Gasteiger partial charge in [0.1, 0.15) is 5.75 Å². The second-order valence-corrected chi connectivity index (χ2v) is 8.71. The van der Waals surface area contributed by atoms with Crippen molar-refractivity contribution in [2.24, 2.45) is 5.92 Å². The number of amides is 3. The number of hydrogen-bond acceptors (Lipinski definition) is 4. The van der Waals surface area contributed by atoms with Crippen LogP contribution in [0.5, 0.6) is 5.75 Å². The fourth-order valence-electron chi connectivity index (χ4n) is 3.85. The molecule has 2 N–H and O–H groups in total. The lowest BCUT2D eigenvalue weighted by Gasteiger charge is -2.17. The van der Waals surface area contributed by atoms with Crippen molar-refractivity contribution in [3.8, 4) is 5.75 Å². The molecule has 180 valence electrons. The van der Waals surface area contributed by atoms with Crippen LogP contribution in [0, 0.1) is 5.92 Å². The van der Waals surface area contributed by atoms with Gasteiger partial charge in [-0.2, -0.15) is 0 Å².